The summed E-state index contributed by atoms with van der Waals surface area (Å²) in [5, 5.41) is 2.89. The maximum Gasteiger partial charge on any atom is 0.326 e. The lowest BCUT2D eigenvalue weighted by atomic mass is 10.1. The molecule has 4 rings (SSSR count). The van der Waals surface area contributed by atoms with Crippen molar-refractivity contribution in [1.82, 2.24) is 10.2 Å². The minimum Gasteiger partial charge on any atom is -0.464 e. The standard InChI is InChI=1S/C27H32Cl2N4O6S/c1-3-4-12-39-25(34)17-33(40(37,38)22-15-19(28)14-20(29)16-22)21-7-8-23-18(13-21)9-11-32(23)27(36)31-10-5-6-24(31)26(35)30-2/h7-8,13-16,24H,3-6,9-12,17H2,1-2H3,(H,30,35). The van der Waals surface area contributed by atoms with Gasteiger partial charge >= 0.3 is 12.0 Å². The summed E-state index contributed by atoms with van der Waals surface area (Å²) < 4.78 is 33.8. The molecule has 2 aromatic rings. The Morgan fingerprint density at radius 3 is 2.50 bits per heavy atom. The molecule has 1 N–H and O–H groups in total. The molecule has 3 amide bonds. The highest BCUT2D eigenvalue weighted by atomic mass is 35.5. The third kappa shape index (κ3) is 6.31. The van der Waals surface area contributed by atoms with Crippen LogP contribution in [-0.2, 0) is 30.8 Å². The molecule has 0 saturated carbocycles. The Morgan fingerprint density at radius 1 is 1.10 bits per heavy atom. The third-order valence-corrected chi connectivity index (χ3v) is 9.17. The number of rotatable bonds is 9. The molecule has 10 nitrogen and oxygen atoms in total. The zero-order valence-corrected chi connectivity index (χ0v) is 24.7. The predicted molar refractivity (Wildman–Crippen MR) is 154 cm³/mol. The summed E-state index contributed by atoms with van der Waals surface area (Å²) in [6.07, 6.45) is 3.28. The number of nitrogens with zero attached hydrogens (tertiary/aromatic N) is 3. The van der Waals surface area contributed by atoms with Gasteiger partial charge in [-0.2, -0.15) is 0 Å². The SMILES string of the molecule is CCCCOC(=O)CN(c1ccc2c(c1)CCN2C(=O)N1CCCC1C(=O)NC)S(=O)(=O)c1cc(Cl)cc(Cl)c1. The number of sulfonamides is 1. The number of carbonyl (C=O) groups is 3. The topological polar surface area (TPSA) is 116 Å². The summed E-state index contributed by atoms with van der Waals surface area (Å²) in [5.74, 6) is -0.898. The van der Waals surface area contributed by atoms with Gasteiger partial charge in [-0.1, -0.05) is 36.5 Å². The van der Waals surface area contributed by atoms with Crippen molar-refractivity contribution in [3.05, 3.63) is 52.0 Å². The molecular formula is C27H32Cl2N4O6S. The molecule has 1 saturated heterocycles. The largest absolute Gasteiger partial charge is 0.464 e. The quantitative estimate of drug-likeness (QED) is 0.335. The second-order valence-corrected chi connectivity index (χ2v) is 12.4. The Balaban J connectivity index is 1.65. The van der Waals surface area contributed by atoms with Crippen molar-refractivity contribution in [3.63, 3.8) is 0 Å². The van der Waals surface area contributed by atoms with Crippen LogP contribution in [0.1, 0.15) is 38.2 Å². The summed E-state index contributed by atoms with van der Waals surface area (Å²) in [5.41, 5.74) is 1.61. The van der Waals surface area contributed by atoms with E-state index in [1.165, 1.54) is 18.2 Å². The van der Waals surface area contributed by atoms with E-state index in [0.29, 0.717) is 38.0 Å². The van der Waals surface area contributed by atoms with Crippen LogP contribution in [0.25, 0.3) is 0 Å². The number of benzene rings is 2. The number of unbranched alkanes of at least 4 members (excludes halogenated alkanes) is 1. The highest BCUT2D eigenvalue weighted by molar-refractivity contribution is 7.92. The van der Waals surface area contributed by atoms with Gasteiger partial charge in [-0.25, -0.2) is 13.2 Å². The number of ether oxygens (including phenoxy) is 1. The van der Waals surface area contributed by atoms with E-state index in [2.05, 4.69) is 5.32 Å². The second-order valence-electron chi connectivity index (χ2n) is 9.65. The number of urea groups is 1. The highest BCUT2D eigenvalue weighted by Crippen LogP contribution is 2.36. The van der Waals surface area contributed by atoms with Gasteiger partial charge in [-0.3, -0.25) is 18.8 Å². The molecule has 216 valence electrons. The molecular weight excluding hydrogens is 579 g/mol. The summed E-state index contributed by atoms with van der Waals surface area (Å²) in [7, 11) is -2.73. The van der Waals surface area contributed by atoms with E-state index in [4.69, 9.17) is 27.9 Å². The number of amides is 3. The van der Waals surface area contributed by atoms with E-state index in [0.717, 1.165) is 22.7 Å². The lowest BCUT2D eigenvalue weighted by Crippen LogP contribution is -2.50. The van der Waals surface area contributed by atoms with Gasteiger partial charge in [-0.05, 0) is 67.6 Å². The molecule has 0 aromatic heterocycles. The zero-order chi connectivity index (χ0) is 29.0. The van der Waals surface area contributed by atoms with Gasteiger partial charge < -0.3 is 15.0 Å². The van der Waals surface area contributed by atoms with Gasteiger partial charge in [0.25, 0.3) is 10.0 Å². The Hall–Kier alpha value is -3.02. The molecule has 2 aromatic carbocycles. The molecule has 40 heavy (non-hydrogen) atoms. The van der Waals surface area contributed by atoms with Gasteiger partial charge in [0.2, 0.25) is 5.91 Å². The Morgan fingerprint density at radius 2 is 1.82 bits per heavy atom. The number of likely N-dealkylation sites (tertiary alicyclic amines) is 1. The van der Waals surface area contributed by atoms with Gasteiger partial charge in [-0.15, -0.1) is 0 Å². The Bertz CT molecular complexity index is 1380. The van der Waals surface area contributed by atoms with Crippen LogP contribution in [0, 0.1) is 0 Å². The smallest absolute Gasteiger partial charge is 0.326 e. The first-order valence-corrected chi connectivity index (χ1v) is 15.3. The number of likely N-dealkylation sites (N-methyl/N-ethyl adjacent to an activating group) is 1. The number of nitrogens with one attached hydrogen (secondary N) is 1. The zero-order valence-electron chi connectivity index (χ0n) is 22.4. The van der Waals surface area contributed by atoms with Gasteiger partial charge in [0, 0.05) is 35.9 Å². The number of carbonyl (C=O) groups excluding carboxylic acids is 3. The molecule has 13 heteroatoms. The monoisotopic (exact) mass is 610 g/mol. The van der Waals surface area contributed by atoms with E-state index >= 15 is 0 Å². The van der Waals surface area contributed by atoms with Crippen LogP contribution in [0.4, 0.5) is 16.2 Å². The van der Waals surface area contributed by atoms with Crippen LogP contribution >= 0.6 is 23.2 Å². The van der Waals surface area contributed by atoms with E-state index < -0.39 is 28.6 Å². The van der Waals surface area contributed by atoms with E-state index in [1.54, 1.807) is 35.0 Å². The highest BCUT2D eigenvalue weighted by Gasteiger charge is 2.38. The van der Waals surface area contributed by atoms with E-state index in [1.807, 2.05) is 6.92 Å². The van der Waals surface area contributed by atoms with Crippen molar-refractivity contribution in [3.8, 4) is 0 Å². The lowest BCUT2D eigenvalue weighted by Gasteiger charge is -2.29. The molecule has 0 bridgehead atoms. The Kier molecular flexibility index (Phi) is 9.48. The number of halogens is 2. The van der Waals surface area contributed by atoms with Crippen molar-refractivity contribution in [2.45, 2.75) is 50.0 Å². The number of esters is 1. The van der Waals surface area contributed by atoms with E-state index in [9.17, 15) is 22.8 Å². The third-order valence-electron chi connectivity index (χ3n) is 6.98. The van der Waals surface area contributed by atoms with Crippen LogP contribution in [0.15, 0.2) is 41.3 Å². The number of fused-ring (bicyclic) bond motifs is 1. The van der Waals surface area contributed by atoms with Crippen molar-refractivity contribution in [1.29, 1.82) is 0 Å². The maximum absolute atomic E-state index is 13.8. The van der Waals surface area contributed by atoms with Crippen LogP contribution in [0.5, 0.6) is 0 Å². The van der Waals surface area contributed by atoms with Crippen LogP contribution in [0.3, 0.4) is 0 Å². The first-order valence-electron chi connectivity index (χ1n) is 13.1. The fourth-order valence-electron chi connectivity index (χ4n) is 4.94. The van der Waals surface area contributed by atoms with Gasteiger partial charge in [0.1, 0.15) is 12.6 Å². The second kappa shape index (κ2) is 12.7. The van der Waals surface area contributed by atoms with Crippen molar-refractivity contribution in [2.75, 3.05) is 42.5 Å². The van der Waals surface area contributed by atoms with Gasteiger partial charge in [0.15, 0.2) is 0 Å². The molecule has 2 aliphatic rings. The molecule has 1 atom stereocenters. The summed E-state index contributed by atoms with van der Waals surface area (Å²) in [6, 6.07) is 8.03. The van der Waals surface area contributed by atoms with Crippen LogP contribution < -0.4 is 14.5 Å². The van der Waals surface area contributed by atoms with Gasteiger partial charge in [0.05, 0.1) is 17.2 Å². The van der Waals surface area contributed by atoms with Crippen molar-refractivity contribution >= 4 is 62.5 Å². The van der Waals surface area contributed by atoms with Crippen LogP contribution in [-0.4, -0.2) is 70.6 Å². The molecule has 0 radical (unpaired) electrons. The molecule has 0 aliphatic carbocycles. The minimum absolute atomic E-state index is 0.136. The number of hydrogen-bond acceptors (Lipinski definition) is 6. The average Bonchev–Trinajstić information content (AvgIpc) is 3.58. The first-order chi connectivity index (χ1) is 19.1. The normalized spacial score (nSPS) is 16.6. The maximum atomic E-state index is 13.8. The summed E-state index contributed by atoms with van der Waals surface area (Å²) in [6.45, 7) is 2.44. The summed E-state index contributed by atoms with van der Waals surface area (Å²) >= 11 is 12.2. The minimum atomic E-state index is -4.27. The Labute approximate surface area is 244 Å². The van der Waals surface area contributed by atoms with E-state index in [-0.39, 0.29) is 39.2 Å². The first kappa shape index (κ1) is 30.0. The summed E-state index contributed by atoms with van der Waals surface area (Å²) in [4.78, 5) is 41.4. The lowest BCUT2D eigenvalue weighted by molar-refractivity contribution is -0.141. The molecule has 1 unspecified atom stereocenters. The predicted octanol–water partition coefficient (Wildman–Crippen LogP) is 4.22. The molecule has 2 heterocycles. The average molecular weight is 612 g/mol. The molecule has 0 spiro atoms. The molecule has 2 aliphatic heterocycles. The number of anilines is 2. The number of hydrogen-bond donors (Lipinski definition) is 1. The molecule has 1 fully saturated rings. The fourth-order valence-corrected chi connectivity index (χ4v) is 7.07. The van der Waals surface area contributed by atoms with Crippen molar-refractivity contribution in [2.24, 2.45) is 0 Å². The fraction of sp³-hybridized carbons (Fsp3) is 0.444. The van der Waals surface area contributed by atoms with Crippen molar-refractivity contribution < 1.29 is 27.5 Å². The van der Waals surface area contributed by atoms with Crippen LogP contribution in [0.2, 0.25) is 10.0 Å².